The smallest absolute Gasteiger partial charge is 0.0543 e. The van der Waals surface area contributed by atoms with E-state index in [-0.39, 0.29) is 6.10 Å². The van der Waals surface area contributed by atoms with Crippen LogP contribution >= 0.6 is 0 Å². The summed E-state index contributed by atoms with van der Waals surface area (Å²) in [6.07, 6.45) is 15.8. The van der Waals surface area contributed by atoms with Crippen molar-refractivity contribution in [2.24, 2.45) is 52.3 Å². The van der Waals surface area contributed by atoms with Gasteiger partial charge in [0.15, 0.2) is 0 Å². The van der Waals surface area contributed by atoms with Crippen molar-refractivity contribution in [1.29, 1.82) is 0 Å². The second-order valence-corrected chi connectivity index (χ2v) is 12.7. The van der Waals surface area contributed by atoms with Gasteiger partial charge in [-0.15, -0.1) is 0 Å². The molecule has 3 fully saturated rings. The minimum Gasteiger partial charge on any atom is -0.393 e. The molecule has 0 spiro atoms. The van der Waals surface area contributed by atoms with Crippen LogP contribution in [0.4, 0.5) is 0 Å². The molecule has 0 aromatic heterocycles. The predicted octanol–water partition coefficient (Wildman–Crippen LogP) is 7.63. The molecule has 0 unspecified atom stereocenters. The lowest BCUT2D eigenvalue weighted by atomic mass is 9.47. The van der Waals surface area contributed by atoms with E-state index in [1.807, 2.05) is 5.57 Å². The Morgan fingerprint density at radius 2 is 1.62 bits per heavy atom. The molecule has 9 atom stereocenters. The van der Waals surface area contributed by atoms with Gasteiger partial charge < -0.3 is 5.11 Å². The van der Waals surface area contributed by atoms with Crippen LogP contribution in [0.5, 0.6) is 0 Å². The van der Waals surface area contributed by atoms with Crippen LogP contribution in [0.15, 0.2) is 11.6 Å². The van der Waals surface area contributed by atoms with Crippen LogP contribution in [0.1, 0.15) is 106 Å². The first-order valence-electron chi connectivity index (χ1n) is 13.0. The molecule has 0 aromatic rings. The molecule has 0 radical (unpaired) electrons. The van der Waals surface area contributed by atoms with Crippen LogP contribution in [0.3, 0.4) is 0 Å². The fourth-order valence-electron chi connectivity index (χ4n) is 8.53. The highest BCUT2D eigenvalue weighted by atomic mass is 16.3. The maximum absolute atomic E-state index is 10.2. The third kappa shape index (κ3) is 3.66. The van der Waals surface area contributed by atoms with E-state index >= 15 is 0 Å². The molecule has 0 heterocycles. The molecule has 1 nitrogen and oxygen atoms in total. The Hall–Kier alpha value is -0.300. The molecule has 3 saturated carbocycles. The first-order valence-corrected chi connectivity index (χ1v) is 13.0. The summed E-state index contributed by atoms with van der Waals surface area (Å²) in [5.74, 6) is 5.85. The molecule has 29 heavy (non-hydrogen) atoms. The Balaban J connectivity index is 1.50. The van der Waals surface area contributed by atoms with Crippen molar-refractivity contribution in [3.8, 4) is 0 Å². The highest BCUT2D eigenvalue weighted by molar-refractivity contribution is 5.27. The van der Waals surface area contributed by atoms with Crippen LogP contribution < -0.4 is 0 Å². The summed E-state index contributed by atoms with van der Waals surface area (Å²) < 4.78 is 0. The molecule has 4 aliphatic carbocycles. The molecule has 0 saturated heterocycles. The van der Waals surface area contributed by atoms with Crippen LogP contribution in [0.25, 0.3) is 0 Å². The minimum absolute atomic E-state index is 0.0400. The van der Waals surface area contributed by atoms with E-state index < -0.39 is 0 Å². The normalized spacial score (nSPS) is 46.5. The van der Waals surface area contributed by atoms with Gasteiger partial charge in [-0.3, -0.25) is 0 Å². The molecule has 0 aromatic carbocycles. The van der Waals surface area contributed by atoms with Crippen LogP contribution in [0.2, 0.25) is 0 Å². The van der Waals surface area contributed by atoms with Crippen molar-refractivity contribution < 1.29 is 5.11 Å². The number of fused-ring (bicyclic) bond motifs is 5. The average molecular weight is 401 g/mol. The first-order chi connectivity index (χ1) is 13.7. The summed E-state index contributed by atoms with van der Waals surface area (Å²) in [5.41, 5.74) is 2.88. The average Bonchev–Trinajstić information content (AvgIpc) is 3.03. The van der Waals surface area contributed by atoms with E-state index in [0.29, 0.717) is 10.8 Å². The Morgan fingerprint density at radius 1 is 0.931 bits per heavy atom. The van der Waals surface area contributed by atoms with Gasteiger partial charge in [0, 0.05) is 0 Å². The number of aliphatic hydroxyl groups excluding tert-OH is 1. The predicted molar refractivity (Wildman–Crippen MR) is 124 cm³/mol. The summed E-state index contributed by atoms with van der Waals surface area (Å²) in [4.78, 5) is 0. The van der Waals surface area contributed by atoms with Crippen molar-refractivity contribution >= 4 is 0 Å². The van der Waals surface area contributed by atoms with E-state index in [0.717, 1.165) is 54.3 Å². The highest BCUT2D eigenvalue weighted by Gasteiger charge is 2.58. The van der Waals surface area contributed by atoms with Gasteiger partial charge in [0.25, 0.3) is 0 Å². The van der Waals surface area contributed by atoms with E-state index in [2.05, 4.69) is 47.6 Å². The van der Waals surface area contributed by atoms with Crippen molar-refractivity contribution in [3.05, 3.63) is 11.6 Å². The minimum atomic E-state index is -0.0400. The second kappa shape index (κ2) is 7.99. The number of hydrogen-bond acceptors (Lipinski definition) is 1. The van der Waals surface area contributed by atoms with Crippen molar-refractivity contribution in [3.63, 3.8) is 0 Å². The lowest BCUT2D eigenvalue weighted by Gasteiger charge is -2.57. The summed E-state index contributed by atoms with van der Waals surface area (Å²) >= 11 is 0. The zero-order valence-electron chi connectivity index (χ0n) is 20.2. The Labute approximate surface area is 181 Å². The zero-order valence-corrected chi connectivity index (χ0v) is 20.2. The molecule has 166 valence electrons. The molecule has 4 rings (SSSR count). The molecular formula is C28H48O. The second-order valence-electron chi connectivity index (χ2n) is 12.7. The Morgan fingerprint density at radius 3 is 2.34 bits per heavy atom. The maximum atomic E-state index is 10.2. The van der Waals surface area contributed by atoms with Gasteiger partial charge in [-0.25, -0.2) is 0 Å². The lowest BCUT2D eigenvalue weighted by molar-refractivity contribution is -0.0428. The van der Waals surface area contributed by atoms with Gasteiger partial charge in [0.1, 0.15) is 0 Å². The fraction of sp³-hybridized carbons (Fsp3) is 0.929. The summed E-state index contributed by atoms with van der Waals surface area (Å²) in [5, 5.41) is 10.2. The summed E-state index contributed by atoms with van der Waals surface area (Å²) in [7, 11) is 0. The largest absolute Gasteiger partial charge is 0.393 e. The van der Waals surface area contributed by atoms with Gasteiger partial charge >= 0.3 is 0 Å². The van der Waals surface area contributed by atoms with Gasteiger partial charge in [-0.2, -0.15) is 0 Å². The quantitative estimate of drug-likeness (QED) is 0.470. The number of hydrogen-bond donors (Lipinski definition) is 1. The van der Waals surface area contributed by atoms with Crippen molar-refractivity contribution in [2.45, 2.75) is 112 Å². The molecule has 4 aliphatic rings. The molecule has 1 heteroatoms. The van der Waals surface area contributed by atoms with E-state index in [4.69, 9.17) is 0 Å². The molecule has 0 aliphatic heterocycles. The standard InChI is InChI=1S/C28H48O/c1-18(2)19(3)7-8-20(4)24-11-12-25-23-10-9-21-17-22(29)13-15-27(21,5)26(23)14-16-28(24,25)6/h10,18-22,24-26,29H,7-9,11-17H2,1-6H3/t19-,20+,21-,22+,24-,25+,26+,27-,28+/m0/s1. The Bertz CT molecular complexity index is 620. The summed E-state index contributed by atoms with van der Waals surface area (Å²) in [6.45, 7) is 15.1. The SMILES string of the molecule is CC(C)[C@@H](C)CC[C@@H](C)[C@@H]1CC[C@@H]2C3=CC[C@H]4C[C@H](O)CC[C@]4(C)[C@@H]3CC[C@@]21C. The molecule has 0 amide bonds. The van der Waals surface area contributed by atoms with Crippen molar-refractivity contribution in [2.75, 3.05) is 0 Å². The van der Waals surface area contributed by atoms with Crippen LogP contribution in [-0.4, -0.2) is 11.2 Å². The van der Waals surface area contributed by atoms with Crippen molar-refractivity contribution in [1.82, 2.24) is 0 Å². The van der Waals surface area contributed by atoms with Gasteiger partial charge in [-0.05, 0) is 104 Å². The number of aliphatic hydroxyl groups is 1. The van der Waals surface area contributed by atoms with Gasteiger partial charge in [0.2, 0.25) is 0 Å². The Kier molecular flexibility index (Phi) is 6.04. The summed E-state index contributed by atoms with van der Waals surface area (Å²) in [6, 6.07) is 0. The molecular weight excluding hydrogens is 352 g/mol. The first kappa shape index (κ1) is 21.9. The fourth-order valence-corrected chi connectivity index (χ4v) is 8.53. The van der Waals surface area contributed by atoms with Gasteiger partial charge in [0.05, 0.1) is 6.10 Å². The monoisotopic (exact) mass is 400 g/mol. The van der Waals surface area contributed by atoms with Crippen LogP contribution in [0, 0.1) is 52.3 Å². The van der Waals surface area contributed by atoms with E-state index in [1.54, 1.807) is 0 Å². The topological polar surface area (TPSA) is 20.2 Å². The number of rotatable bonds is 5. The van der Waals surface area contributed by atoms with E-state index in [1.165, 1.54) is 51.4 Å². The zero-order chi connectivity index (χ0) is 21.0. The van der Waals surface area contributed by atoms with Crippen LogP contribution in [-0.2, 0) is 0 Å². The van der Waals surface area contributed by atoms with Gasteiger partial charge in [-0.1, -0.05) is 66.0 Å². The maximum Gasteiger partial charge on any atom is 0.0543 e. The lowest BCUT2D eigenvalue weighted by Crippen LogP contribution is -2.49. The number of allylic oxidation sites excluding steroid dienone is 2. The third-order valence-corrected chi connectivity index (χ3v) is 11.0. The third-order valence-electron chi connectivity index (χ3n) is 11.0. The molecule has 1 N–H and O–H groups in total. The van der Waals surface area contributed by atoms with E-state index in [9.17, 15) is 5.11 Å². The molecule has 0 bridgehead atoms. The highest BCUT2D eigenvalue weighted by Crippen LogP contribution is 2.67.